The second kappa shape index (κ2) is 10.1. The smallest absolute Gasteiger partial charge is 0.308 e. The fourth-order valence-corrected chi connectivity index (χ4v) is 3.92. The van der Waals surface area contributed by atoms with Crippen molar-refractivity contribution in [3.63, 3.8) is 0 Å². The second-order valence-corrected chi connectivity index (χ2v) is 7.61. The number of anilines is 1. The van der Waals surface area contributed by atoms with Gasteiger partial charge in [0.15, 0.2) is 0 Å². The molecular formula is C21H22N2O5S. The Morgan fingerprint density at radius 2 is 1.86 bits per heavy atom. The van der Waals surface area contributed by atoms with Crippen molar-refractivity contribution in [3.05, 3.63) is 60.2 Å². The third-order valence-electron chi connectivity index (χ3n) is 4.25. The first kappa shape index (κ1) is 20.9. The Morgan fingerprint density at radius 3 is 2.62 bits per heavy atom. The van der Waals surface area contributed by atoms with Crippen molar-refractivity contribution in [1.29, 1.82) is 0 Å². The van der Waals surface area contributed by atoms with Crippen LogP contribution in [0.2, 0.25) is 0 Å². The van der Waals surface area contributed by atoms with Crippen LogP contribution in [0.4, 0.5) is 5.69 Å². The zero-order valence-electron chi connectivity index (χ0n) is 15.9. The van der Waals surface area contributed by atoms with Crippen molar-refractivity contribution in [3.8, 4) is 0 Å². The highest BCUT2D eigenvalue weighted by Gasteiger charge is 2.32. The summed E-state index contributed by atoms with van der Waals surface area (Å²) in [4.78, 5) is 38.3. The maximum Gasteiger partial charge on any atom is 0.308 e. The number of rotatable bonds is 8. The van der Waals surface area contributed by atoms with E-state index in [9.17, 15) is 14.4 Å². The van der Waals surface area contributed by atoms with Crippen molar-refractivity contribution in [2.24, 2.45) is 0 Å². The SMILES string of the molecule is COCCNC(=O)[C@@H](OC(=O)C[C@H]1Sc2ccccc2NC1=O)c1ccccc1. The Morgan fingerprint density at radius 1 is 1.14 bits per heavy atom. The molecule has 7 nitrogen and oxygen atoms in total. The number of ether oxygens (including phenoxy) is 2. The highest BCUT2D eigenvalue weighted by Crippen LogP contribution is 2.37. The molecule has 1 aliphatic rings. The molecule has 29 heavy (non-hydrogen) atoms. The summed E-state index contributed by atoms with van der Waals surface area (Å²) in [5.41, 5.74) is 1.29. The largest absolute Gasteiger partial charge is 0.447 e. The van der Waals surface area contributed by atoms with Gasteiger partial charge in [-0.2, -0.15) is 0 Å². The number of para-hydroxylation sites is 1. The number of esters is 1. The molecule has 0 spiro atoms. The summed E-state index contributed by atoms with van der Waals surface area (Å²) >= 11 is 1.31. The first-order valence-electron chi connectivity index (χ1n) is 9.16. The van der Waals surface area contributed by atoms with Crippen LogP contribution in [0.3, 0.4) is 0 Å². The van der Waals surface area contributed by atoms with Crippen LogP contribution >= 0.6 is 11.8 Å². The van der Waals surface area contributed by atoms with E-state index in [1.165, 1.54) is 18.9 Å². The summed E-state index contributed by atoms with van der Waals surface area (Å²) < 4.78 is 10.4. The second-order valence-electron chi connectivity index (χ2n) is 6.36. The number of amides is 2. The van der Waals surface area contributed by atoms with E-state index in [0.717, 1.165) is 10.6 Å². The third kappa shape index (κ3) is 5.58. The fraction of sp³-hybridized carbons (Fsp3) is 0.286. The van der Waals surface area contributed by atoms with Crippen molar-refractivity contribution >= 4 is 35.2 Å². The molecule has 2 atom stereocenters. The third-order valence-corrected chi connectivity index (χ3v) is 5.53. The van der Waals surface area contributed by atoms with Crippen LogP contribution in [0.25, 0.3) is 0 Å². The molecule has 1 heterocycles. The molecule has 0 aromatic heterocycles. The van der Waals surface area contributed by atoms with Crippen LogP contribution < -0.4 is 10.6 Å². The lowest BCUT2D eigenvalue weighted by Crippen LogP contribution is -2.36. The predicted octanol–water partition coefficient (Wildman–Crippen LogP) is 2.54. The van der Waals surface area contributed by atoms with Gasteiger partial charge in [-0.15, -0.1) is 11.8 Å². The van der Waals surface area contributed by atoms with E-state index >= 15 is 0 Å². The summed E-state index contributed by atoms with van der Waals surface area (Å²) in [5, 5.41) is 4.86. The standard InChI is InChI=1S/C21H22N2O5S/c1-27-12-11-22-21(26)19(14-7-3-2-4-8-14)28-18(24)13-17-20(25)23-15-9-5-6-10-16(15)29-17/h2-10,17,19H,11-13H2,1H3,(H,22,26)(H,23,25)/t17-,19+/m1/s1. The van der Waals surface area contributed by atoms with Gasteiger partial charge < -0.3 is 20.1 Å². The molecule has 2 aromatic rings. The van der Waals surface area contributed by atoms with Crippen molar-refractivity contribution in [2.45, 2.75) is 22.7 Å². The van der Waals surface area contributed by atoms with Gasteiger partial charge in [0, 0.05) is 24.1 Å². The summed E-state index contributed by atoms with van der Waals surface area (Å²) in [7, 11) is 1.53. The number of thioether (sulfide) groups is 1. The maximum absolute atomic E-state index is 12.6. The zero-order valence-corrected chi connectivity index (χ0v) is 16.7. The van der Waals surface area contributed by atoms with Gasteiger partial charge in [-0.3, -0.25) is 14.4 Å². The Bertz CT molecular complexity index is 874. The lowest BCUT2D eigenvalue weighted by Gasteiger charge is -2.24. The van der Waals surface area contributed by atoms with E-state index in [2.05, 4.69) is 10.6 Å². The van der Waals surface area contributed by atoms with Crippen LogP contribution in [0, 0.1) is 0 Å². The Labute approximate surface area is 173 Å². The van der Waals surface area contributed by atoms with Crippen LogP contribution in [0.5, 0.6) is 0 Å². The predicted molar refractivity (Wildman–Crippen MR) is 109 cm³/mol. The normalized spacial score (nSPS) is 16.3. The number of fused-ring (bicyclic) bond motifs is 1. The minimum atomic E-state index is -1.09. The van der Waals surface area contributed by atoms with Gasteiger partial charge in [-0.25, -0.2) is 0 Å². The monoisotopic (exact) mass is 414 g/mol. The van der Waals surface area contributed by atoms with Gasteiger partial charge in [0.1, 0.15) is 0 Å². The topological polar surface area (TPSA) is 93.7 Å². The van der Waals surface area contributed by atoms with Gasteiger partial charge in [0.25, 0.3) is 5.91 Å². The highest BCUT2D eigenvalue weighted by atomic mass is 32.2. The van der Waals surface area contributed by atoms with E-state index in [1.54, 1.807) is 24.3 Å². The van der Waals surface area contributed by atoms with Crippen molar-refractivity contribution in [1.82, 2.24) is 5.32 Å². The minimum absolute atomic E-state index is 0.139. The molecule has 2 N–H and O–H groups in total. The number of methoxy groups -OCH3 is 1. The Balaban J connectivity index is 1.67. The molecule has 0 saturated heterocycles. The number of carbonyl (C=O) groups is 3. The van der Waals surface area contributed by atoms with Gasteiger partial charge >= 0.3 is 5.97 Å². The molecule has 0 bridgehead atoms. The van der Waals surface area contributed by atoms with E-state index in [0.29, 0.717) is 18.7 Å². The van der Waals surface area contributed by atoms with Crippen molar-refractivity contribution < 1.29 is 23.9 Å². The molecule has 2 aromatic carbocycles. The number of carbonyl (C=O) groups excluding carboxylic acids is 3. The Kier molecular flexibility index (Phi) is 7.26. The van der Waals surface area contributed by atoms with Crippen LogP contribution in [-0.2, 0) is 23.9 Å². The number of hydrogen-bond acceptors (Lipinski definition) is 6. The van der Waals surface area contributed by atoms with Gasteiger partial charge in [0.05, 0.1) is 24.0 Å². The fourth-order valence-electron chi connectivity index (χ4n) is 2.83. The molecule has 0 radical (unpaired) electrons. The molecule has 3 rings (SSSR count). The average Bonchev–Trinajstić information content (AvgIpc) is 2.73. The van der Waals surface area contributed by atoms with E-state index in [4.69, 9.17) is 9.47 Å². The van der Waals surface area contributed by atoms with Crippen LogP contribution in [-0.4, -0.2) is 43.3 Å². The van der Waals surface area contributed by atoms with E-state index in [-0.39, 0.29) is 12.3 Å². The lowest BCUT2D eigenvalue weighted by atomic mass is 10.1. The van der Waals surface area contributed by atoms with Crippen molar-refractivity contribution in [2.75, 3.05) is 25.6 Å². The van der Waals surface area contributed by atoms with Crippen LogP contribution in [0.1, 0.15) is 18.1 Å². The quantitative estimate of drug-likeness (QED) is 0.509. The van der Waals surface area contributed by atoms with E-state index < -0.39 is 23.2 Å². The summed E-state index contributed by atoms with van der Waals surface area (Å²) in [6.07, 6.45) is -1.23. The molecule has 8 heteroatoms. The maximum atomic E-state index is 12.6. The number of benzene rings is 2. The molecule has 1 aliphatic heterocycles. The summed E-state index contributed by atoms with van der Waals surface area (Å²) in [5.74, 6) is -1.31. The molecule has 0 unspecified atom stereocenters. The van der Waals surface area contributed by atoms with Gasteiger partial charge in [0.2, 0.25) is 12.0 Å². The van der Waals surface area contributed by atoms with Gasteiger partial charge in [-0.05, 0) is 12.1 Å². The number of hydrogen-bond donors (Lipinski definition) is 2. The highest BCUT2D eigenvalue weighted by molar-refractivity contribution is 8.01. The van der Waals surface area contributed by atoms with E-state index in [1.807, 2.05) is 30.3 Å². The first-order chi connectivity index (χ1) is 14.1. The molecule has 0 saturated carbocycles. The molecule has 2 amide bonds. The molecular weight excluding hydrogens is 392 g/mol. The molecule has 0 fully saturated rings. The molecule has 152 valence electrons. The Hall–Kier alpha value is -2.84. The average molecular weight is 414 g/mol. The molecule has 0 aliphatic carbocycles. The van der Waals surface area contributed by atoms with Gasteiger partial charge in [-0.1, -0.05) is 42.5 Å². The lowest BCUT2D eigenvalue weighted by molar-refractivity contribution is -0.156. The minimum Gasteiger partial charge on any atom is -0.447 e. The van der Waals surface area contributed by atoms with Crippen LogP contribution in [0.15, 0.2) is 59.5 Å². The zero-order chi connectivity index (χ0) is 20.6. The first-order valence-corrected chi connectivity index (χ1v) is 10.0. The number of nitrogens with one attached hydrogen (secondary N) is 2. The summed E-state index contributed by atoms with van der Waals surface area (Å²) in [6, 6.07) is 16.2. The summed E-state index contributed by atoms with van der Waals surface area (Å²) in [6.45, 7) is 0.646.